The van der Waals surface area contributed by atoms with E-state index in [2.05, 4.69) is 55.2 Å². The quantitative estimate of drug-likeness (QED) is 0.860. The van der Waals surface area contributed by atoms with Gasteiger partial charge in [0.15, 0.2) is 0 Å². The van der Waals surface area contributed by atoms with E-state index < -0.39 is 0 Å². The third-order valence-electron chi connectivity index (χ3n) is 3.25. The van der Waals surface area contributed by atoms with Crippen LogP contribution in [-0.4, -0.2) is 17.5 Å². The molecule has 88 valence electrons. The van der Waals surface area contributed by atoms with Gasteiger partial charge in [0.05, 0.1) is 0 Å². The molecule has 1 N–H and O–H groups in total. The lowest BCUT2D eigenvalue weighted by Crippen LogP contribution is -2.34. The van der Waals surface area contributed by atoms with Crippen LogP contribution in [0.1, 0.15) is 36.9 Å². The van der Waals surface area contributed by atoms with E-state index in [1.54, 1.807) is 0 Å². The zero-order chi connectivity index (χ0) is 11.4. The predicted octanol–water partition coefficient (Wildman–Crippen LogP) is 3.54. The predicted molar refractivity (Wildman–Crippen MR) is 73.1 cm³/mol. The molecule has 0 radical (unpaired) electrons. The molecule has 0 amide bonds. The highest BCUT2D eigenvalue weighted by Crippen LogP contribution is 2.21. The summed E-state index contributed by atoms with van der Waals surface area (Å²) in [7, 11) is 0. The highest BCUT2D eigenvalue weighted by atomic mass is 32.2. The number of hydrogen-bond acceptors (Lipinski definition) is 2. The summed E-state index contributed by atoms with van der Waals surface area (Å²) in [6.07, 6.45) is 2.64. The second-order valence-electron chi connectivity index (χ2n) is 4.69. The molecule has 1 aliphatic heterocycles. The largest absolute Gasteiger partial charge is 0.307 e. The third-order valence-corrected chi connectivity index (χ3v) is 4.30. The first-order valence-corrected chi connectivity index (χ1v) is 7.31. The van der Waals surface area contributed by atoms with Gasteiger partial charge >= 0.3 is 0 Å². The lowest BCUT2D eigenvalue weighted by molar-refractivity contribution is 0.431. The minimum absolute atomic E-state index is 0.480. The first-order chi connectivity index (χ1) is 7.75. The summed E-state index contributed by atoms with van der Waals surface area (Å²) in [5, 5.41) is 3.75. The number of thioether (sulfide) groups is 1. The second-order valence-corrected chi connectivity index (χ2v) is 5.91. The van der Waals surface area contributed by atoms with Gasteiger partial charge in [-0.1, -0.05) is 29.8 Å². The van der Waals surface area contributed by atoms with Crippen LogP contribution in [0.4, 0.5) is 0 Å². The molecule has 1 fully saturated rings. The zero-order valence-corrected chi connectivity index (χ0v) is 11.0. The van der Waals surface area contributed by atoms with E-state index in [0.29, 0.717) is 6.04 Å². The van der Waals surface area contributed by atoms with Crippen molar-refractivity contribution < 1.29 is 0 Å². The van der Waals surface area contributed by atoms with Gasteiger partial charge in [-0.25, -0.2) is 0 Å². The second kappa shape index (κ2) is 5.74. The molecular formula is C14H21NS. The van der Waals surface area contributed by atoms with Crippen molar-refractivity contribution in [3.63, 3.8) is 0 Å². The topological polar surface area (TPSA) is 12.0 Å². The van der Waals surface area contributed by atoms with E-state index in [4.69, 9.17) is 0 Å². The molecule has 1 aromatic rings. The van der Waals surface area contributed by atoms with E-state index in [0.717, 1.165) is 6.04 Å². The molecule has 1 nitrogen and oxygen atoms in total. The van der Waals surface area contributed by atoms with E-state index in [9.17, 15) is 0 Å². The molecule has 0 unspecified atom stereocenters. The molecule has 2 heteroatoms. The third kappa shape index (κ3) is 3.26. The molecule has 1 atom stereocenters. The zero-order valence-electron chi connectivity index (χ0n) is 10.2. The Bertz CT molecular complexity index is 331. The Balaban J connectivity index is 1.94. The monoisotopic (exact) mass is 235 g/mol. The van der Waals surface area contributed by atoms with Crippen molar-refractivity contribution in [2.75, 3.05) is 11.5 Å². The molecular weight excluding hydrogens is 214 g/mol. The average Bonchev–Trinajstić information content (AvgIpc) is 2.30. The summed E-state index contributed by atoms with van der Waals surface area (Å²) < 4.78 is 0. The Kier molecular flexibility index (Phi) is 4.30. The van der Waals surface area contributed by atoms with Crippen LogP contribution in [0.2, 0.25) is 0 Å². The van der Waals surface area contributed by atoms with Gasteiger partial charge in [0.1, 0.15) is 0 Å². The van der Waals surface area contributed by atoms with Crippen molar-refractivity contribution in [1.82, 2.24) is 5.32 Å². The van der Waals surface area contributed by atoms with Crippen molar-refractivity contribution in [2.24, 2.45) is 0 Å². The Hall–Kier alpha value is -0.470. The fourth-order valence-electron chi connectivity index (χ4n) is 2.25. The summed E-state index contributed by atoms with van der Waals surface area (Å²) in [5.74, 6) is 2.64. The maximum atomic E-state index is 3.75. The summed E-state index contributed by atoms with van der Waals surface area (Å²) in [6.45, 7) is 4.43. The van der Waals surface area contributed by atoms with Crippen molar-refractivity contribution in [3.8, 4) is 0 Å². The molecule has 2 rings (SSSR count). The van der Waals surface area contributed by atoms with E-state index in [1.807, 2.05) is 0 Å². The maximum Gasteiger partial charge on any atom is 0.0294 e. The van der Waals surface area contributed by atoms with Crippen molar-refractivity contribution in [3.05, 3.63) is 35.4 Å². The molecule has 1 aromatic carbocycles. The molecule has 0 aromatic heterocycles. The van der Waals surface area contributed by atoms with Crippen LogP contribution < -0.4 is 5.32 Å². The first kappa shape index (κ1) is 12.0. The fourth-order valence-corrected chi connectivity index (χ4v) is 3.36. The molecule has 1 saturated heterocycles. The van der Waals surface area contributed by atoms with Crippen molar-refractivity contribution in [1.29, 1.82) is 0 Å². The van der Waals surface area contributed by atoms with E-state index in [1.165, 1.54) is 35.5 Å². The number of aryl methyl sites for hydroxylation is 1. The van der Waals surface area contributed by atoms with Gasteiger partial charge in [0.2, 0.25) is 0 Å². The Morgan fingerprint density at radius 1 is 1.31 bits per heavy atom. The molecule has 0 aliphatic carbocycles. The minimum atomic E-state index is 0.480. The lowest BCUT2D eigenvalue weighted by Gasteiger charge is -2.26. The highest BCUT2D eigenvalue weighted by Gasteiger charge is 2.16. The van der Waals surface area contributed by atoms with Gasteiger partial charge < -0.3 is 5.32 Å². The SMILES string of the molecule is Cc1cccc([C@@H](C)NC2CCSCC2)c1. The summed E-state index contributed by atoms with van der Waals surface area (Å²) in [4.78, 5) is 0. The first-order valence-electron chi connectivity index (χ1n) is 6.16. The van der Waals surface area contributed by atoms with Crippen molar-refractivity contribution >= 4 is 11.8 Å². The van der Waals surface area contributed by atoms with Gasteiger partial charge in [-0.15, -0.1) is 0 Å². The Labute approximate surface area is 103 Å². The normalized spacial score (nSPS) is 19.6. The van der Waals surface area contributed by atoms with Crippen LogP contribution in [0.15, 0.2) is 24.3 Å². The fraction of sp³-hybridized carbons (Fsp3) is 0.571. The van der Waals surface area contributed by atoms with Crippen LogP contribution in [0.3, 0.4) is 0 Å². The Morgan fingerprint density at radius 2 is 2.06 bits per heavy atom. The van der Waals surface area contributed by atoms with Crippen LogP contribution in [-0.2, 0) is 0 Å². The summed E-state index contributed by atoms with van der Waals surface area (Å²) in [5.41, 5.74) is 2.77. The van der Waals surface area contributed by atoms with Gasteiger partial charge in [-0.3, -0.25) is 0 Å². The van der Waals surface area contributed by atoms with Crippen LogP contribution >= 0.6 is 11.8 Å². The molecule has 1 aliphatic rings. The van der Waals surface area contributed by atoms with E-state index >= 15 is 0 Å². The van der Waals surface area contributed by atoms with Crippen LogP contribution in [0.5, 0.6) is 0 Å². The number of hydrogen-bond donors (Lipinski definition) is 1. The number of benzene rings is 1. The number of rotatable bonds is 3. The Morgan fingerprint density at radius 3 is 2.75 bits per heavy atom. The van der Waals surface area contributed by atoms with Gasteiger partial charge in [-0.05, 0) is 43.8 Å². The lowest BCUT2D eigenvalue weighted by atomic mass is 10.0. The minimum Gasteiger partial charge on any atom is -0.307 e. The molecule has 0 bridgehead atoms. The summed E-state index contributed by atoms with van der Waals surface area (Å²) >= 11 is 2.08. The van der Waals surface area contributed by atoms with E-state index in [-0.39, 0.29) is 0 Å². The molecule has 0 saturated carbocycles. The average molecular weight is 235 g/mol. The number of nitrogens with one attached hydrogen (secondary N) is 1. The smallest absolute Gasteiger partial charge is 0.0294 e. The summed E-state index contributed by atoms with van der Waals surface area (Å²) in [6, 6.07) is 10.0. The van der Waals surface area contributed by atoms with Crippen molar-refractivity contribution in [2.45, 2.75) is 38.8 Å². The molecule has 16 heavy (non-hydrogen) atoms. The van der Waals surface area contributed by atoms with Gasteiger partial charge in [-0.2, -0.15) is 11.8 Å². The standard InChI is InChI=1S/C14H21NS/c1-11-4-3-5-13(10-11)12(2)15-14-6-8-16-9-7-14/h3-5,10,12,14-15H,6-9H2,1-2H3/t12-/m1/s1. The van der Waals surface area contributed by atoms with Gasteiger partial charge in [0, 0.05) is 12.1 Å². The van der Waals surface area contributed by atoms with Crippen LogP contribution in [0, 0.1) is 6.92 Å². The van der Waals surface area contributed by atoms with Crippen LogP contribution in [0.25, 0.3) is 0 Å². The maximum absolute atomic E-state index is 3.75. The molecule has 0 spiro atoms. The highest BCUT2D eigenvalue weighted by molar-refractivity contribution is 7.99. The molecule has 1 heterocycles. The van der Waals surface area contributed by atoms with Gasteiger partial charge in [0.25, 0.3) is 0 Å².